The molecule has 0 radical (unpaired) electrons. The number of nitrogens with one attached hydrogen (secondary N) is 1. The second-order valence-electron chi connectivity index (χ2n) is 4.13. The van der Waals surface area contributed by atoms with Crippen LogP contribution in [0.2, 0.25) is 0 Å². The van der Waals surface area contributed by atoms with Crippen LogP contribution in [0.4, 0.5) is 0 Å². The minimum absolute atomic E-state index is 0.188. The highest BCUT2D eigenvalue weighted by molar-refractivity contribution is 5.75. The molecule has 1 N–H and O–H groups in total. The Labute approximate surface area is 92.3 Å². The van der Waals surface area contributed by atoms with Gasteiger partial charge >= 0.3 is 5.97 Å². The third-order valence-corrected chi connectivity index (χ3v) is 2.54. The zero-order valence-corrected chi connectivity index (χ0v) is 10.4. The molecule has 1 atom stereocenters. The molecular formula is C11H23NO3. The van der Waals surface area contributed by atoms with Crippen LogP contribution in [-0.4, -0.2) is 38.4 Å². The number of hydrogen-bond donors (Lipinski definition) is 1. The maximum atomic E-state index is 11.5. The average Bonchev–Trinajstić information content (AvgIpc) is 2.19. The molecular weight excluding hydrogens is 194 g/mol. The summed E-state index contributed by atoms with van der Waals surface area (Å²) in [6.07, 6.45) is 1.44. The number of likely N-dealkylation sites (N-methyl/N-ethyl adjacent to an activating group) is 1. The Kier molecular flexibility index (Phi) is 6.52. The second-order valence-corrected chi connectivity index (χ2v) is 4.13. The highest BCUT2D eigenvalue weighted by Crippen LogP contribution is 2.12. The Hall–Kier alpha value is -0.610. The fraction of sp³-hybridized carbons (Fsp3) is 0.909. The first-order chi connectivity index (χ1) is 6.96. The molecule has 15 heavy (non-hydrogen) atoms. The molecule has 0 spiro atoms. The zero-order chi connectivity index (χ0) is 11.9. The molecule has 0 aromatic heterocycles. The van der Waals surface area contributed by atoms with Gasteiger partial charge in [-0.25, -0.2) is 0 Å². The fourth-order valence-corrected chi connectivity index (χ4v) is 1.09. The van der Waals surface area contributed by atoms with Crippen molar-refractivity contribution in [1.29, 1.82) is 0 Å². The topological polar surface area (TPSA) is 47.6 Å². The van der Waals surface area contributed by atoms with Crippen molar-refractivity contribution in [3.63, 3.8) is 0 Å². The predicted octanol–water partition coefficient (Wildman–Crippen LogP) is 1.34. The molecule has 90 valence electrons. The van der Waals surface area contributed by atoms with Gasteiger partial charge in [-0.3, -0.25) is 4.79 Å². The number of methoxy groups -OCH3 is 1. The maximum Gasteiger partial charge on any atom is 0.323 e. The van der Waals surface area contributed by atoms with Crippen molar-refractivity contribution in [1.82, 2.24) is 5.32 Å². The van der Waals surface area contributed by atoms with E-state index >= 15 is 0 Å². The summed E-state index contributed by atoms with van der Waals surface area (Å²) in [4.78, 5) is 11.5. The Bertz CT molecular complexity index is 188. The lowest BCUT2D eigenvalue weighted by atomic mass is 10.1. The third kappa shape index (κ3) is 5.74. The van der Waals surface area contributed by atoms with Crippen LogP contribution in [-0.2, 0) is 14.3 Å². The maximum absolute atomic E-state index is 11.5. The first kappa shape index (κ1) is 14.4. The SMILES string of the molecule is CCC(NC)C(=O)OCCC(C)(C)OC. The summed E-state index contributed by atoms with van der Waals surface area (Å²) >= 11 is 0. The minimum Gasteiger partial charge on any atom is -0.464 e. The smallest absolute Gasteiger partial charge is 0.323 e. The number of esters is 1. The van der Waals surface area contributed by atoms with Gasteiger partial charge in [-0.1, -0.05) is 6.92 Å². The van der Waals surface area contributed by atoms with Gasteiger partial charge in [0.05, 0.1) is 12.2 Å². The number of rotatable bonds is 7. The molecule has 0 bridgehead atoms. The van der Waals surface area contributed by atoms with Crippen LogP contribution < -0.4 is 5.32 Å². The van der Waals surface area contributed by atoms with Gasteiger partial charge in [-0.15, -0.1) is 0 Å². The van der Waals surface area contributed by atoms with Crippen LogP contribution in [0.25, 0.3) is 0 Å². The lowest BCUT2D eigenvalue weighted by Crippen LogP contribution is -2.36. The molecule has 0 aliphatic heterocycles. The summed E-state index contributed by atoms with van der Waals surface area (Å²) in [7, 11) is 3.42. The van der Waals surface area contributed by atoms with Crippen LogP contribution in [0.15, 0.2) is 0 Å². The molecule has 0 heterocycles. The van der Waals surface area contributed by atoms with Gasteiger partial charge in [0.15, 0.2) is 0 Å². The third-order valence-electron chi connectivity index (χ3n) is 2.54. The fourth-order valence-electron chi connectivity index (χ4n) is 1.09. The van der Waals surface area contributed by atoms with Crippen molar-refractivity contribution in [2.45, 2.75) is 45.3 Å². The van der Waals surface area contributed by atoms with Crippen LogP contribution in [0.1, 0.15) is 33.6 Å². The zero-order valence-electron chi connectivity index (χ0n) is 10.4. The van der Waals surface area contributed by atoms with E-state index in [-0.39, 0.29) is 17.6 Å². The molecule has 0 aromatic rings. The quantitative estimate of drug-likeness (QED) is 0.654. The monoisotopic (exact) mass is 217 g/mol. The Balaban J connectivity index is 3.81. The summed E-state index contributed by atoms with van der Waals surface area (Å²) in [6.45, 7) is 6.28. The average molecular weight is 217 g/mol. The van der Waals surface area contributed by atoms with E-state index in [0.717, 1.165) is 6.42 Å². The predicted molar refractivity (Wildman–Crippen MR) is 59.8 cm³/mol. The summed E-state index contributed by atoms with van der Waals surface area (Å²) in [5.74, 6) is -0.188. The highest BCUT2D eigenvalue weighted by Gasteiger charge is 2.19. The number of carbonyl (C=O) groups is 1. The first-order valence-electron chi connectivity index (χ1n) is 5.36. The summed E-state index contributed by atoms with van der Waals surface area (Å²) in [6, 6.07) is -0.198. The second kappa shape index (κ2) is 6.80. The van der Waals surface area contributed by atoms with Gasteiger partial charge < -0.3 is 14.8 Å². The van der Waals surface area contributed by atoms with E-state index in [1.807, 2.05) is 20.8 Å². The molecule has 0 saturated heterocycles. The number of carbonyl (C=O) groups excluding carboxylic acids is 1. The molecule has 4 heteroatoms. The van der Waals surface area contributed by atoms with E-state index in [4.69, 9.17) is 9.47 Å². The van der Waals surface area contributed by atoms with Crippen molar-refractivity contribution >= 4 is 5.97 Å². The molecule has 4 nitrogen and oxygen atoms in total. The first-order valence-corrected chi connectivity index (χ1v) is 5.36. The standard InChI is InChI=1S/C11H23NO3/c1-6-9(12-4)10(13)15-8-7-11(2,3)14-5/h9,12H,6-8H2,1-5H3. The van der Waals surface area contributed by atoms with Gasteiger partial charge in [0, 0.05) is 13.5 Å². The molecule has 0 amide bonds. The van der Waals surface area contributed by atoms with Crippen molar-refractivity contribution in [2.75, 3.05) is 20.8 Å². The van der Waals surface area contributed by atoms with E-state index in [1.54, 1.807) is 14.2 Å². The van der Waals surface area contributed by atoms with Crippen molar-refractivity contribution < 1.29 is 14.3 Å². The van der Waals surface area contributed by atoms with Crippen molar-refractivity contribution in [3.8, 4) is 0 Å². The van der Waals surface area contributed by atoms with Crippen LogP contribution in [0.5, 0.6) is 0 Å². The number of hydrogen-bond acceptors (Lipinski definition) is 4. The largest absolute Gasteiger partial charge is 0.464 e. The lowest BCUT2D eigenvalue weighted by molar-refractivity contribution is -0.147. The molecule has 0 fully saturated rings. The Morgan fingerprint density at radius 1 is 1.47 bits per heavy atom. The molecule has 0 aliphatic carbocycles. The van der Waals surface area contributed by atoms with Gasteiger partial charge in [-0.2, -0.15) is 0 Å². The van der Waals surface area contributed by atoms with Crippen LogP contribution in [0, 0.1) is 0 Å². The van der Waals surface area contributed by atoms with Gasteiger partial charge in [0.25, 0.3) is 0 Å². The normalized spacial score (nSPS) is 13.7. The van der Waals surface area contributed by atoms with Gasteiger partial charge in [0.2, 0.25) is 0 Å². The van der Waals surface area contributed by atoms with Gasteiger partial charge in [0.1, 0.15) is 6.04 Å². The molecule has 0 rings (SSSR count). The van der Waals surface area contributed by atoms with E-state index in [1.165, 1.54) is 0 Å². The van der Waals surface area contributed by atoms with E-state index in [2.05, 4.69) is 5.32 Å². The molecule has 0 saturated carbocycles. The summed E-state index contributed by atoms with van der Waals surface area (Å²) in [5, 5.41) is 2.91. The number of ether oxygens (including phenoxy) is 2. The lowest BCUT2D eigenvalue weighted by Gasteiger charge is -2.23. The van der Waals surface area contributed by atoms with Crippen molar-refractivity contribution in [2.24, 2.45) is 0 Å². The summed E-state index contributed by atoms with van der Waals surface area (Å²) < 4.78 is 10.4. The molecule has 0 aromatic carbocycles. The Morgan fingerprint density at radius 2 is 2.07 bits per heavy atom. The van der Waals surface area contributed by atoms with Crippen LogP contribution >= 0.6 is 0 Å². The van der Waals surface area contributed by atoms with E-state index < -0.39 is 0 Å². The Morgan fingerprint density at radius 3 is 2.47 bits per heavy atom. The highest BCUT2D eigenvalue weighted by atomic mass is 16.5. The van der Waals surface area contributed by atoms with E-state index in [9.17, 15) is 4.79 Å². The van der Waals surface area contributed by atoms with Crippen molar-refractivity contribution in [3.05, 3.63) is 0 Å². The van der Waals surface area contributed by atoms with Gasteiger partial charge in [-0.05, 0) is 27.3 Å². The summed E-state index contributed by atoms with van der Waals surface area (Å²) in [5.41, 5.74) is -0.234. The van der Waals surface area contributed by atoms with E-state index in [0.29, 0.717) is 13.0 Å². The molecule has 0 aliphatic rings. The van der Waals surface area contributed by atoms with Crippen LogP contribution in [0.3, 0.4) is 0 Å². The minimum atomic E-state index is -0.234. The molecule has 1 unspecified atom stereocenters.